The van der Waals surface area contributed by atoms with Crippen LogP contribution in [0.4, 0.5) is 5.69 Å². The summed E-state index contributed by atoms with van der Waals surface area (Å²) in [5.74, 6) is 0.896. The lowest BCUT2D eigenvalue weighted by molar-refractivity contribution is 0.461. The van der Waals surface area contributed by atoms with E-state index >= 15 is 0 Å². The fourth-order valence-corrected chi connectivity index (χ4v) is 2.69. The van der Waals surface area contributed by atoms with Crippen molar-refractivity contribution in [3.63, 3.8) is 0 Å². The SMILES string of the molecule is CN=C(NCc1ccc(N(C)C)cc1C)N(C)Cc1cccn1C.I. The van der Waals surface area contributed by atoms with Crippen LogP contribution in [0.25, 0.3) is 0 Å². The number of rotatable bonds is 5. The number of anilines is 1. The standard InChI is InChI=1S/C19H29N5.HI/c1-15-12-17(22(3)4)10-9-16(15)13-21-19(20-2)24(6)14-18-8-7-11-23(18)5;/h7-12H,13-14H2,1-6H3,(H,20,21);1H. The van der Waals surface area contributed by atoms with Crippen LogP contribution in [0.2, 0.25) is 0 Å². The van der Waals surface area contributed by atoms with E-state index < -0.39 is 0 Å². The highest BCUT2D eigenvalue weighted by Crippen LogP contribution is 2.17. The maximum absolute atomic E-state index is 4.40. The molecule has 0 unspecified atom stereocenters. The van der Waals surface area contributed by atoms with E-state index in [0.717, 1.165) is 19.0 Å². The van der Waals surface area contributed by atoms with Gasteiger partial charge in [-0.15, -0.1) is 24.0 Å². The van der Waals surface area contributed by atoms with Crippen molar-refractivity contribution in [2.45, 2.75) is 20.0 Å². The normalized spacial score (nSPS) is 11.0. The van der Waals surface area contributed by atoms with Gasteiger partial charge in [-0.1, -0.05) is 6.07 Å². The smallest absolute Gasteiger partial charge is 0.194 e. The third-order valence-electron chi connectivity index (χ3n) is 4.30. The Morgan fingerprint density at radius 3 is 2.44 bits per heavy atom. The average molecular weight is 455 g/mol. The molecule has 0 saturated carbocycles. The first-order chi connectivity index (χ1) is 11.4. The zero-order chi connectivity index (χ0) is 17.7. The van der Waals surface area contributed by atoms with Crippen molar-refractivity contribution in [1.29, 1.82) is 0 Å². The lowest BCUT2D eigenvalue weighted by Gasteiger charge is -2.23. The summed E-state index contributed by atoms with van der Waals surface area (Å²) in [6.07, 6.45) is 2.06. The molecule has 1 aromatic heterocycles. The summed E-state index contributed by atoms with van der Waals surface area (Å²) in [7, 11) is 10.1. The fraction of sp³-hybridized carbons (Fsp3) is 0.421. The highest BCUT2D eigenvalue weighted by molar-refractivity contribution is 14.0. The monoisotopic (exact) mass is 455 g/mol. The number of aliphatic imine (C=N–C) groups is 1. The molecular formula is C19H30IN5. The van der Waals surface area contributed by atoms with Gasteiger partial charge >= 0.3 is 0 Å². The van der Waals surface area contributed by atoms with Crippen LogP contribution in [-0.4, -0.2) is 43.6 Å². The maximum Gasteiger partial charge on any atom is 0.194 e. The Balaban J connectivity index is 0.00000312. The van der Waals surface area contributed by atoms with Crippen LogP contribution >= 0.6 is 24.0 Å². The van der Waals surface area contributed by atoms with Crippen molar-refractivity contribution in [1.82, 2.24) is 14.8 Å². The summed E-state index contributed by atoms with van der Waals surface area (Å²) in [6, 6.07) is 10.7. The van der Waals surface area contributed by atoms with Gasteiger partial charge in [0.2, 0.25) is 0 Å². The lowest BCUT2D eigenvalue weighted by atomic mass is 10.1. The van der Waals surface area contributed by atoms with Crippen molar-refractivity contribution in [2.75, 3.05) is 33.1 Å². The number of benzene rings is 1. The predicted molar refractivity (Wildman–Crippen MR) is 118 cm³/mol. The predicted octanol–water partition coefficient (Wildman–Crippen LogP) is 3.22. The molecule has 0 bridgehead atoms. The summed E-state index contributed by atoms with van der Waals surface area (Å²) in [4.78, 5) is 8.66. The number of aryl methyl sites for hydroxylation is 2. The first-order valence-electron chi connectivity index (χ1n) is 8.21. The molecule has 0 radical (unpaired) electrons. The van der Waals surface area contributed by atoms with E-state index in [-0.39, 0.29) is 24.0 Å². The van der Waals surface area contributed by atoms with Gasteiger partial charge in [-0.3, -0.25) is 4.99 Å². The molecule has 0 aliphatic carbocycles. The Kier molecular flexibility index (Phi) is 8.28. The van der Waals surface area contributed by atoms with Crippen LogP contribution in [0, 0.1) is 6.92 Å². The third-order valence-corrected chi connectivity index (χ3v) is 4.30. The van der Waals surface area contributed by atoms with Gasteiger partial charge in [0.15, 0.2) is 5.96 Å². The van der Waals surface area contributed by atoms with E-state index in [2.05, 4.69) is 96.3 Å². The molecule has 0 amide bonds. The Labute approximate surface area is 168 Å². The largest absolute Gasteiger partial charge is 0.378 e. The molecule has 0 saturated heterocycles. The third kappa shape index (κ3) is 5.66. The minimum atomic E-state index is 0. The highest BCUT2D eigenvalue weighted by atomic mass is 127. The topological polar surface area (TPSA) is 35.8 Å². The second-order valence-corrected chi connectivity index (χ2v) is 6.37. The molecule has 0 spiro atoms. The molecule has 1 aromatic carbocycles. The number of nitrogens with zero attached hydrogens (tertiary/aromatic N) is 4. The molecule has 6 heteroatoms. The average Bonchev–Trinajstić information content (AvgIpc) is 2.94. The quantitative estimate of drug-likeness (QED) is 0.427. The fourth-order valence-electron chi connectivity index (χ4n) is 2.69. The second-order valence-electron chi connectivity index (χ2n) is 6.37. The van der Waals surface area contributed by atoms with E-state index in [9.17, 15) is 0 Å². The molecule has 2 aromatic rings. The van der Waals surface area contributed by atoms with Crippen molar-refractivity contribution in [2.24, 2.45) is 12.0 Å². The number of halogens is 1. The summed E-state index contributed by atoms with van der Waals surface area (Å²) in [6.45, 7) is 3.74. The molecule has 2 rings (SSSR count). The van der Waals surface area contributed by atoms with Gasteiger partial charge in [0.05, 0.1) is 6.54 Å². The first kappa shape index (κ1) is 21.3. The van der Waals surface area contributed by atoms with E-state index in [0.29, 0.717) is 0 Å². The van der Waals surface area contributed by atoms with Crippen LogP contribution < -0.4 is 10.2 Å². The molecule has 1 heterocycles. The van der Waals surface area contributed by atoms with E-state index in [4.69, 9.17) is 0 Å². The van der Waals surface area contributed by atoms with Gasteiger partial charge < -0.3 is 19.7 Å². The van der Waals surface area contributed by atoms with Gasteiger partial charge in [0, 0.05) is 59.4 Å². The van der Waals surface area contributed by atoms with E-state index in [1.54, 1.807) is 0 Å². The molecule has 138 valence electrons. The molecule has 5 nitrogen and oxygen atoms in total. The van der Waals surface area contributed by atoms with Gasteiger partial charge in [0.1, 0.15) is 0 Å². The lowest BCUT2D eigenvalue weighted by Crippen LogP contribution is -2.38. The van der Waals surface area contributed by atoms with E-state index in [1.807, 2.05) is 7.05 Å². The van der Waals surface area contributed by atoms with Gasteiger partial charge in [-0.2, -0.15) is 0 Å². The van der Waals surface area contributed by atoms with E-state index in [1.165, 1.54) is 22.5 Å². The van der Waals surface area contributed by atoms with Crippen LogP contribution in [-0.2, 0) is 20.1 Å². The minimum absolute atomic E-state index is 0. The number of aromatic nitrogens is 1. The zero-order valence-corrected chi connectivity index (χ0v) is 18.4. The van der Waals surface area contributed by atoms with Crippen molar-refractivity contribution < 1.29 is 0 Å². The summed E-state index contributed by atoms with van der Waals surface area (Å²) in [5, 5.41) is 3.46. The van der Waals surface area contributed by atoms with Crippen molar-refractivity contribution in [3.05, 3.63) is 53.3 Å². The van der Waals surface area contributed by atoms with Crippen LogP contribution in [0.3, 0.4) is 0 Å². The Morgan fingerprint density at radius 2 is 1.92 bits per heavy atom. The molecule has 0 aliphatic rings. The summed E-state index contributed by atoms with van der Waals surface area (Å²) in [5.41, 5.74) is 5.05. The molecule has 1 N–H and O–H groups in total. The maximum atomic E-state index is 4.40. The van der Waals surface area contributed by atoms with Gasteiger partial charge in [-0.05, 0) is 42.3 Å². The van der Waals surface area contributed by atoms with Crippen LogP contribution in [0.1, 0.15) is 16.8 Å². The molecule has 0 aliphatic heterocycles. The molecule has 0 fully saturated rings. The highest BCUT2D eigenvalue weighted by Gasteiger charge is 2.09. The molecule has 0 atom stereocenters. The van der Waals surface area contributed by atoms with Gasteiger partial charge in [0.25, 0.3) is 0 Å². The number of guanidine groups is 1. The number of hydrogen-bond donors (Lipinski definition) is 1. The number of nitrogens with one attached hydrogen (secondary N) is 1. The first-order valence-corrected chi connectivity index (χ1v) is 8.21. The second kappa shape index (κ2) is 9.70. The Morgan fingerprint density at radius 1 is 1.20 bits per heavy atom. The van der Waals surface area contributed by atoms with Gasteiger partial charge in [-0.25, -0.2) is 0 Å². The van der Waals surface area contributed by atoms with Crippen LogP contribution in [0.5, 0.6) is 0 Å². The Bertz CT molecular complexity index is 706. The van der Waals surface area contributed by atoms with Crippen molar-refractivity contribution >= 4 is 35.6 Å². The Hall–Kier alpha value is -1.70. The minimum Gasteiger partial charge on any atom is -0.378 e. The molecule has 25 heavy (non-hydrogen) atoms. The summed E-state index contributed by atoms with van der Waals surface area (Å²) < 4.78 is 2.13. The molecular weight excluding hydrogens is 425 g/mol. The zero-order valence-electron chi connectivity index (χ0n) is 16.1. The van der Waals surface area contributed by atoms with Crippen molar-refractivity contribution in [3.8, 4) is 0 Å². The van der Waals surface area contributed by atoms with Crippen LogP contribution in [0.15, 0.2) is 41.5 Å². The summed E-state index contributed by atoms with van der Waals surface area (Å²) >= 11 is 0. The number of hydrogen-bond acceptors (Lipinski definition) is 2.